The van der Waals surface area contributed by atoms with Crippen molar-refractivity contribution < 1.29 is 19.3 Å². The van der Waals surface area contributed by atoms with Gasteiger partial charge in [0.15, 0.2) is 6.10 Å². The standard InChI is InChI=1S/C25H21N3O5/c1-15-11-12-20(16(2)13-15)26-24(29)21-22(17-7-6-10-19(14-17)28(31)32)27(33-23(21)25(26)30)18-8-4-3-5-9-18/h3-14,21-23H,1-2H3/t21-,22-,23-/m0/s1. The van der Waals surface area contributed by atoms with Crippen LogP contribution < -0.4 is 9.96 Å². The molecule has 3 aromatic carbocycles. The van der Waals surface area contributed by atoms with Crippen LogP contribution >= 0.6 is 0 Å². The number of aryl methyl sites for hydroxylation is 2. The fourth-order valence-electron chi connectivity index (χ4n) is 4.67. The highest BCUT2D eigenvalue weighted by atomic mass is 16.7. The van der Waals surface area contributed by atoms with Crippen LogP contribution in [-0.4, -0.2) is 22.8 Å². The van der Waals surface area contributed by atoms with Crippen molar-refractivity contribution in [2.75, 3.05) is 9.96 Å². The number of carbonyl (C=O) groups excluding carboxylic acids is 2. The lowest BCUT2D eigenvalue weighted by atomic mass is 9.90. The first-order valence-corrected chi connectivity index (χ1v) is 10.6. The molecule has 3 atom stereocenters. The van der Waals surface area contributed by atoms with Crippen LogP contribution in [0.5, 0.6) is 0 Å². The summed E-state index contributed by atoms with van der Waals surface area (Å²) < 4.78 is 0. The number of imide groups is 1. The van der Waals surface area contributed by atoms with Gasteiger partial charge in [0.05, 0.1) is 22.3 Å². The molecular weight excluding hydrogens is 422 g/mol. The first-order chi connectivity index (χ1) is 15.9. The third kappa shape index (κ3) is 3.35. The number of carbonyl (C=O) groups is 2. The van der Waals surface area contributed by atoms with Crippen LogP contribution in [0.3, 0.4) is 0 Å². The number of nitro groups is 1. The third-order valence-corrected chi connectivity index (χ3v) is 6.14. The molecule has 5 rings (SSSR count). The number of anilines is 2. The Morgan fingerprint density at radius 1 is 0.909 bits per heavy atom. The van der Waals surface area contributed by atoms with Crippen LogP contribution in [0.2, 0.25) is 0 Å². The number of para-hydroxylation sites is 1. The van der Waals surface area contributed by atoms with Crippen LogP contribution in [-0.2, 0) is 14.4 Å². The molecule has 0 N–H and O–H groups in total. The second kappa shape index (κ2) is 7.83. The highest BCUT2D eigenvalue weighted by molar-refractivity contribution is 6.24. The SMILES string of the molecule is Cc1ccc(N2C(=O)[C@@H]3[C@H](ON(c4ccccc4)[C@H]3c3cccc([N+](=O)[O-])c3)C2=O)c(C)c1. The van der Waals surface area contributed by atoms with Crippen LogP contribution in [0.15, 0.2) is 72.8 Å². The fourth-order valence-corrected chi connectivity index (χ4v) is 4.67. The monoisotopic (exact) mass is 443 g/mol. The van der Waals surface area contributed by atoms with Crippen LogP contribution in [0, 0.1) is 29.9 Å². The van der Waals surface area contributed by atoms with Gasteiger partial charge in [0.2, 0.25) is 5.91 Å². The summed E-state index contributed by atoms with van der Waals surface area (Å²) >= 11 is 0. The molecule has 0 spiro atoms. The summed E-state index contributed by atoms with van der Waals surface area (Å²) in [5.74, 6) is -1.67. The molecule has 3 aromatic rings. The van der Waals surface area contributed by atoms with Crippen molar-refractivity contribution in [2.45, 2.75) is 26.0 Å². The molecule has 2 saturated heterocycles. The Morgan fingerprint density at radius 2 is 1.67 bits per heavy atom. The maximum absolute atomic E-state index is 13.7. The lowest BCUT2D eigenvalue weighted by Gasteiger charge is -2.29. The molecule has 0 aromatic heterocycles. The zero-order valence-corrected chi connectivity index (χ0v) is 18.0. The quantitative estimate of drug-likeness (QED) is 0.340. The Balaban J connectivity index is 1.61. The van der Waals surface area contributed by atoms with E-state index in [1.54, 1.807) is 18.2 Å². The van der Waals surface area contributed by atoms with Gasteiger partial charge in [-0.15, -0.1) is 0 Å². The van der Waals surface area contributed by atoms with Gasteiger partial charge in [-0.3, -0.25) is 24.5 Å². The van der Waals surface area contributed by atoms with Gasteiger partial charge in [-0.05, 0) is 43.2 Å². The zero-order valence-electron chi connectivity index (χ0n) is 18.0. The second-order valence-corrected chi connectivity index (χ2v) is 8.31. The van der Waals surface area contributed by atoms with Gasteiger partial charge in [0.25, 0.3) is 11.6 Å². The van der Waals surface area contributed by atoms with E-state index < -0.39 is 28.9 Å². The molecule has 2 aliphatic rings. The molecule has 0 bridgehead atoms. The summed E-state index contributed by atoms with van der Waals surface area (Å²) in [6.07, 6.45) is -1.03. The van der Waals surface area contributed by atoms with E-state index in [0.717, 1.165) is 11.1 Å². The van der Waals surface area contributed by atoms with Crippen molar-refractivity contribution in [3.8, 4) is 0 Å². The molecule has 2 heterocycles. The zero-order chi connectivity index (χ0) is 23.3. The smallest absolute Gasteiger partial charge is 0.269 e. The molecule has 0 saturated carbocycles. The Kier molecular flexibility index (Phi) is 4.94. The highest BCUT2D eigenvalue weighted by Crippen LogP contribution is 2.48. The van der Waals surface area contributed by atoms with Gasteiger partial charge in [0.1, 0.15) is 5.92 Å². The topological polar surface area (TPSA) is 93.0 Å². The maximum atomic E-state index is 13.7. The summed E-state index contributed by atoms with van der Waals surface area (Å²) in [4.78, 5) is 45.3. The number of hydroxylamine groups is 1. The minimum Gasteiger partial charge on any atom is -0.273 e. The molecule has 0 unspecified atom stereocenters. The number of nitrogens with zero attached hydrogens (tertiary/aromatic N) is 3. The Hall–Kier alpha value is -4.04. The van der Waals surface area contributed by atoms with Gasteiger partial charge in [-0.2, -0.15) is 0 Å². The Labute approximate surface area is 190 Å². The highest BCUT2D eigenvalue weighted by Gasteiger charge is 2.60. The molecule has 2 aliphatic heterocycles. The molecule has 2 fully saturated rings. The maximum Gasteiger partial charge on any atom is 0.269 e. The van der Waals surface area contributed by atoms with E-state index in [4.69, 9.17) is 4.84 Å². The summed E-state index contributed by atoms with van der Waals surface area (Å²) in [5, 5.41) is 12.9. The van der Waals surface area contributed by atoms with E-state index in [1.165, 1.54) is 22.1 Å². The van der Waals surface area contributed by atoms with E-state index in [2.05, 4.69) is 0 Å². The molecule has 33 heavy (non-hydrogen) atoms. The predicted molar refractivity (Wildman–Crippen MR) is 122 cm³/mol. The van der Waals surface area contributed by atoms with Crippen LogP contribution in [0.25, 0.3) is 0 Å². The van der Waals surface area contributed by atoms with Gasteiger partial charge in [-0.1, -0.05) is 48.0 Å². The largest absolute Gasteiger partial charge is 0.273 e. The van der Waals surface area contributed by atoms with Crippen LogP contribution in [0.1, 0.15) is 22.7 Å². The van der Waals surface area contributed by atoms with Crippen LogP contribution in [0.4, 0.5) is 17.1 Å². The van der Waals surface area contributed by atoms with Crippen molar-refractivity contribution in [1.29, 1.82) is 0 Å². The summed E-state index contributed by atoms with van der Waals surface area (Å²) in [6, 6.07) is 20.1. The molecule has 8 heteroatoms. The number of hydrogen-bond donors (Lipinski definition) is 0. The van der Waals surface area contributed by atoms with E-state index in [1.807, 2.05) is 56.3 Å². The average molecular weight is 443 g/mol. The fraction of sp³-hybridized carbons (Fsp3) is 0.200. The molecule has 0 aliphatic carbocycles. The number of fused-ring (bicyclic) bond motifs is 1. The summed E-state index contributed by atoms with van der Waals surface area (Å²) in [5.41, 5.74) is 3.45. The Morgan fingerprint density at radius 3 is 2.36 bits per heavy atom. The van der Waals surface area contributed by atoms with E-state index in [-0.39, 0.29) is 11.6 Å². The number of non-ortho nitro benzene ring substituents is 1. The summed E-state index contributed by atoms with van der Waals surface area (Å²) in [6.45, 7) is 3.80. The number of hydrogen-bond acceptors (Lipinski definition) is 6. The number of nitro benzene ring substituents is 1. The Bertz CT molecular complexity index is 1280. The van der Waals surface area contributed by atoms with Crippen molar-refractivity contribution in [3.63, 3.8) is 0 Å². The number of benzene rings is 3. The lowest BCUT2D eigenvalue weighted by Crippen LogP contribution is -2.37. The third-order valence-electron chi connectivity index (χ3n) is 6.14. The van der Waals surface area contributed by atoms with Crippen molar-refractivity contribution in [1.82, 2.24) is 0 Å². The molecule has 8 nitrogen and oxygen atoms in total. The first-order valence-electron chi connectivity index (χ1n) is 10.6. The minimum atomic E-state index is -1.03. The first kappa shape index (κ1) is 20.8. The van der Waals surface area contributed by atoms with Gasteiger partial charge in [-0.25, -0.2) is 9.96 Å². The number of amides is 2. The van der Waals surface area contributed by atoms with Crippen molar-refractivity contribution in [2.24, 2.45) is 5.92 Å². The average Bonchev–Trinajstić information content (AvgIpc) is 3.31. The molecule has 166 valence electrons. The normalized spacial score (nSPS) is 22.1. The van der Waals surface area contributed by atoms with Gasteiger partial charge >= 0.3 is 0 Å². The van der Waals surface area contributed by atoms with Crippen molar-refractivity contribution >= 4 is 28.9 Å². The minimum absolute atomic E-state index is 0.0908. The molecular formula is C25H21N3O5. The van der Waals surface area contributed by atoms with E-state index >= 15 is 0 Å². The lowest BCUT2D eigenvalue weighted by molar-refractivity contribution is -0.384. The molecule has 2 amide bonds. The molecule has 0 radical (unpaired) electrons. The van der Waals surface area contributed by atoms with Crippen molar-refractivity contribution in [3.05, 3.63) is 99.6 Å². The second-order valence-electron chi connectivity index (χ2n) is 8.31. The van der Waals surface area contributed by atoms with E-state index in [0.29, 0.717) is 16.9 Å². The van der Waals surface area contributed by atoms with E-state index in [9.17, 15) is 19.7 Å². The van der Waals surface area contributed by atoms with Gasteiger partial charge in [0, 0.05) is 12.1 Å². The van der Waals surface area contributed by atoms with Gasteiger partial charge < -0.3 is 0 Å². The predicted octanol–water partition coefficient (Wildman–Crippen LogP) is 4.26. The number of rotatable bonds is 4. The summed E-state index contributed by atoms with van der Waals surface area (Å²) in [7, 11) is 0.